The van der Waals surface area contributed by atoms with E-state index >= 15 is 0 Å². The minimum Gasteiger partial charge on any atom is -0.441 e. The van der Waals surface area contributed by atoms with Crippen molar-refractivity contribution in [2.45, 2.75) is 38.7 Å². The molecule has 1 aliphatic heterocycles. The Kier molecular flexibility index (Phi) is 5.62. The number of amides is 1. The lowest BCUT2D eigenvalue weighted by atomic mass is 9.86. The first kappa shape index (κ1) is 18.5. The molecule has 0 aliphatic carbocycles. The van der Waals surface area contributed by atoms with Crippen molar-refractivity contribution < 1.29 is 14.3 Å². The van der Waals surface area contributed by atoms with Gasteiger partial charge in [0.2, 0.25) is 0 Å². The van der Waals surface area contributed by atoms with Crippen LogP contribution >= 0.6 is 0 Å². The van der Waals surface area contributed by atoms with Crippen LogP contribution in [0.5, 0.6) is 0 Å². The molecule has 0 saturated carbocycles. The Morgan fingerprint density at radius 1 is 1.08 bits per heavy atom. The van der Waals surface area contributed by atoms with Gasteiger partial charge >= 0.3 is 6.09 Å². The Labute approximate surface area is 155 Å². The molecule has 1 unspecified atom stereocenters. The molecule has 1 atom stereocenters. The van der Waals surface area contributed by atoms with Crippen LogP contribution in [0.4, 0.5) is 10.5 Å². The van der Waals surface area contributed by atoms with Crippen LogP contribution in [0.3, 0.4) is 0 Å². The summed E-state index contributed by atoms with van der Waals surface area (Å²) in [5, 5.41) is 0. The van der Waals surface area contributed by atoms with Gasteiger partial charge in [0.15, 0.2) is 0 Å². The van der Waals surface area contributed by atoms with Crippen LogP contribution in [-0.2, 0) is 21.3 Å². The van der Waals surface area contributed by atoms with Crippen LogP contribution in [0, 0.1) is 0 Å². The van der Waals surface area contributed by atoms with Gasteiger partial charge in [-0.05, 0) is 35.1 Å². The molecule has 4 heteroatoms. The highest BCUT2D eigenvalue weighted by Crippen LogP contribution is 2.23. The highest BCUT2D eigenvalue weighted by Gasteiger charge is 2.32. The molecule has 1 amide bonds. The van der Waals surface area contributed by atoms with Gasteiger partial charge in [-0.25, -0.2) is 4.79 Å². The van der Waals surface area contributed by atoms with E-state index in [1.807, 2.05) is 30.3 Å². The number of carbonyl (C=O) groups excluding carboxylic acids is 1. The van der Waals surface area contributed by atoms with Crippen LogP contribution in [0.15, 0.2) is 54.6 Å². The van der Waals surface area contributed by atoms with Gasteiger partial charge in [-0.15, -0.1) is 0 Å². The predicted molar refractivity (Wildman–Crippen MR) is 104 cm³/mol. The molecular weight excluding hydrogens is 326 g/mol. The summed E-state index contributed by atoms with van der Waals surface area (Å²) in [4.78, 5) is 13.7. The zero-order chi connectivity index (χ0) is 18.6. The molecule has 0 radical (unpaired) electrons. The number of hydrogen-bond acceptors (Lipinski definition) is 3. The number of nitrogens with zero attached hydrogens (tertiary/aromatic N) is 1. The first-order valence-electron chi connectivity index (χ1n) is 9.14. The van der Waals surface area contributed by atoms with Gasteiger partial charge in [-0.2, -0.15) is 0 Å². The maximum absolute atomic E-state index is 12.0. The lowest BCUT2D eigenvalue weighted by molar-refractivity contribution is 0.0472. The van der Waals surface area contributed by atoms with E-state index in [2.05, 4.69) is 45.0 Å². The van der Waals surface area contributed by atoms with Gasteiger partial charge in [0.25, 0.3) is 0 Å². The molecule has 138 valence electrons. The fourth-order valence-electron chi connectivity index (χ4n) is 3.00. The van der Waals surface area contributed by atoms with Crippen molar-refractivity contribution in [1.82, 2.24) is 0 Å². The molecule has 0 N–H and O–H groups in total. The molecular formula is C22H27NO3. The van der Waals surface area contributed by atoms with Crippen molar-refractivity contribution in [3.63, 3.8) is 0 Å². The Balaban J connectivity index is 1.42. The maximum Gasteiger partial charge on any atom is 0.414 e. The number of cyclic esters (lactones) is 1. The molecule has 4 nitrogen and oxygen atoms in total. The summed E-state index contributed by atoms with van der Waals surface area (Å²) in [5.74, 6) is 0. The van der Waals surface area contributed by atoms with Crippen LogP contribution in [0.2, 0.25) is 0 Å². The summed E-state index contributed by atoms with van der Waals surface area (Å²) >= 11 is 0. The SMILES string of the molecule is CC(C)(C)c1ccc(CCOCC2CN(c3ccccc3)C(=O)O2)cc1. The second-order valence-electron chi connectivity index (χ2n) is 7.72. The number of anilines is 1. The van der Waals surface area contributed by atoms with Gasteiger partial charge in [-0.3, -0.25) is 4.90 Å². The molecule has 0 aromatic heterocycles. The van der Waals surface area contributed by atoms with Gasteiger partial charge in [0.05, 0.1) is 19.8 Å². The van der Waals surface area contributed by atoms with Crippen molar-refractivity contribution in [2.75, 3.05) is 24.7 Å². The third kappa shape index (κ3) is 4.64. The average molecular weight is 353 g/mol. The Hall–Kier alpha value is -2.33. The third-order valence-electron chi connectivity index (χ3n) is 4.60. The van der Waals surface area contributed by atoms with E-state index in [-0.39, 0.29) is 17.6 Å². The van der Waals surface area contributed by atoms with Gasteiger partial charge in [0, 0.05) is 5.69 Å². The molecule has 0 bridgehead atoms. The Bertz CT molecular complexity index is 719. The lowest BCUT2D eigenvalue weighted by Crippen LogP contribution is -2.26. The molecule has 1 heterocycles. The van der Waals surface area contributed by atoms with Crippen molar-refractivity contribution in [3.05, 3.63) is 65.7 Å². The number of hydrogen-bond donors (Lipinski definition) is 0. The van der Waals surface area contributed by atoms with E-state index in [0.29, 0.717) is 19.8 Å². The summed E-state index contributed by atoms with van der Waals surface area (Å²) in [6.07, 6.45) is 0.335. The van der Waals surface area contributed by atoms with Gasteiger partial charge in [-0.1, -0.05) is 63.2 Å². The standard InChI is InChI=1S/C22H27NO3/c1-22(2,3)18-11-9-17(10-12-18)13-14-25-16-20-15-23(21(24)26-20)19-7-5-4-6-8-19/h4-12,20H,13-16H2,1-3H3. The number of benzene rings is 2. The molecule has 26 heavy (non-hydrogen) atoms. The lowest BCUT2D eigenvalue weighted by Gasteiger charge is -2.19. The van der Waals surface area contributed by atoms with Crippen LogP contribution in [0.1, 0.15) is 31.9 Å². The minimum absolute atomic E-state index is 0.173. The second kappa shape index (κ2) is 7.92. The van der Waals surface area contributed by atoms with Crippen molar-refractivity contribution >= 4 is 11.8 Å². The quantitative estimate of drug-likeness (QED) is 0.714. The number of ether oxygens (including phenoxy) is 2. The van der Waals surface area contributed by atoms with E-state index in [9.17, 15) is 4.79 Å². The molecule has 1 aliphatic rings. The zero-order valence-corrected chi connectivity index (χ0v) is 15.8. The van der Waals surface area contributed by atoms with Gasteiger partial charge in [0.1, 0.15) is 6.10 Å². The number of carbonyl (C=O) groups is 1. The highest BCUT2D eigenvalue weighted by atomic mass is 16.6. The molecule has 1 saturated heterocycles. The molecule has 0 spiro atoms. The third-order valence-corrected chi connectivity index (χ3v) is 4.60. The topological polar surface area (TPSA) is 38.8 Å². The van der Waals surface area contributed by atoms with E-state index in [4.69, 9.17) is 9.47 Å². The smallest absolute Gasteiger partial charge is 0.414 e. The van der Waals surface area contributed by atoms with E-state index < -0.39 is 0 Å². The molecule has 2 aromatic rings. The van der Waals surface area contributed by atoms with Crippen LogP contribution < -0.4 is 4.90 Å². The monoisotopic (exact) mass is 353 g/mol. The summed E-state index contributed by atoms with van der Waals surface area (Å²) in [7, 11) is 0. The largest absolute Gasteiger partial charge is 0.441 e. The summed E-state index contributed by atoms with van der Waals surface area (Å²) < 4.78 is 11.1. The zero-order valence-electron chi connectivity index (χ0n) is 15.8. The molecule has 3 rings (SSSR count). The fourth-order valence-corrected chi connectivity index (χ4v) is 3.00. The highest BCUT2D eigenvalue weighted by molar-refractivity contribution is 5.89. The predicted octanol–water partition coefficient (Wildman–Crippen LogP) is 4.57. The average Bonchev–Trinajstić information content (AvgIpc) is 3.00. The van der Waals surface area contributed by atoms with Crippen molar-refractivity contribution in [3.8, 4) is 0 Å². The first-order chi connectivity index (χ1) is 12.4. The van der Waals surface area contributed by atoms with Crippen LogP contribution in [0.25, 0.3) is 0 Å². The second-order valence-corrected chi connectivity index (χ2v) is 7.72. The summed E-state index contributed by atoms with van der Waals surface area (Å²) in [6, 6.07) is 18.3. The summed E-state index contributed by atoms with van der Waals surface area (Å²) in [5.41, 5.74) is 3.62. The van der Waals surface area contributed by atoms with Crippen molar-refractivity contribution in [1.29, 1.82) is 0 Å². The minimum atomic E-state index is -0.303. The van der Waals surface area contributed by atoms with Crippen molar-refractivity contribution in [2.24, 2.45) is 0 Å². The summed E-state index contributed by atoms with van der Waals surface area (Å²) in [6.45, 7) is 8.22. The maximum atomic E-state index is 12.0. The number of rotatable bonds is 6. The normalized spacial score (nSPS) is 17.4. The fraction of sp³-hybridized carbons (Fsp3) is 0.409. The first-order valence-corrected chi connectivity index (χ1v) is 9.14. The molecule has 2 aromatic carbocycles. The Morgan fingerprint density at radius 3 is 2.42 bits per heavy atom. The van der Waals surface area contributed by atoms with E-state index in [0.717, 1.165) is 12.1 Å². The van der Waals surface area contributed by atoms with E-state index in [1.54, 1.807) is 4.90 Å². The Morgan fingerprint density at radius 2 is 1.77 bits per heavy atom. The van der Waals surface area contributed by atoms with Crippen LogP contribution in [-0.4, -0.2) is 32.0 Å². The number of para-hydroxylation sites is 1. The molecule has 1 fully saturated rings. The van der Waals surface area contributed by atoms with Gasteiger partial charge < -0.3 is 9.47 Å². The van der Waals surface area contributed by atoms with E-state index in [1.165, 1.54) is 11.1 Å².